The van der Waals surface area contributed by atoms with Crippen molar-refractivity contribution in [2.24, 2.45) is 0 Å². The molecule has 0 fully saturated rings. The van der Waals surface area contributed by atoms with Crippen molar-refractivity contribution in [3.05, 3.63) is 183 Å². The third-order valence-electron chi connectivity index (χ3n) is 9.70. The third kappa shape index (κ3) is 11.2. The lowest BCUT2D eigenvalue weighted by Gasteiger charge is -2.37. The van der Waals surface area contributed by atoms with Crippen LogP contribution in [0.5, 0.6) is 0 Å². The molecule has 3 heterocycles. The van der Waals surface area contributed by atoms with Crippen molar-refractivity contribution in [3.8, 4) is 0 Å². The van der Waals surface area contributed by atoms with Crippen LogP contribution in [0.1, 0.15) is 44.5 Å². The maximum absolute atomic E-state index is 13.6. The molecule has 0 saturated heterocycles. The van der Waals surface area contributed by atoms with Crippen molar-refractivity contribution in [2.45, 2.75) is 45.6 Å². The van der Waals surface area contributed by atoms with Gasteiger partial charge >= 0.3 is 0 Å². The fraction of sp³-hybridized carbons (Fsp3) is 0.156. The summed E-state index contributed by atoms with van der Waals surface area (Å²) in [5.41, 5.74) is 4.94. The van der Waals surface area contributed by atoms with Crippen LogP contribution >= 0.6 is 34.3 Å². The molecule has 0 radical (unpaired) electrons. The van der Waals surface area contributed by atoms with E-state index in [1.165, 1.54) is 52.5 Å². The molecule has 11 nitrogen and oxygen atoms in total. The van der Waals surface area contributed by atoms with Crippen LogP contribution in [-0.4, -0.2) is 45.2 Å². The Labute approximate surface area is 368 Å². The highest BCUT2D eigenvalue weighted by Gasteiger charge is 2.31. The van der Waals surface area contributed by atoms with Gasteiger partial charge in [0.15, 0.2) is 19.7 Å². The zero-order valence-corrected chi connectivity index (χ0v) is 36.5. The summed E-state index contributed by atoms with van der Waals surface area (Å²) in [5, 5.41) is 9.45. The first-order valence-electron chi connectivity index (χ1n) is 19.1. The van der Waals surface area contributed by atoms with E-state index >= 15 is 0 Å². The van der Waals surface area contributed by atoms with E-state index < -0.39 is 31.1 Å². The number of carbonyl (C=O) groups excluding carboxylic acids is 2. The topological polar surface area (TPSA) is 156 Å². The minimum atomic E-state index is -3.51. The Bertz CT molecular complexity index is 2760. The van der Waals surface area contributed by atoms with Crippen molar-refractivity contribution in [1.82, 2.24) is 9.97 Å². The van der Waals surface area contributed by atoms with Gasteiger partial charge in [0.2, 0.25) is 5.91 Å². The van der Waals surface area contributed by atoms with Gasteiger partial charge in [0.1, 0.15) is 32.9 Å². The number of hydrogen-bond acceptors (Lipinski definition) is 11. The van der Waals surface area contributed by atoms with E-state index in [2.05, 4.69) is 37.6 Å². The normalized spacial score (nSPS) is 13.5. The van der Waals surface area contributed by atoms with Crippen LogP contribution in [0, 0.1) is 0 Å². The number of para-hydroxylation sites is 1. The first kappa shape index (κ1) is 43.4. The molecule has 2 N–H and O–H groups in total. The molecule has 8 rings (SSSR count). The predicted octanol–water partition coefficient (Wildman–Crippen LogP) is 9.29. The van der Waals surface area contributed by atoms with Gasteiger partial charge in [-0.25, -0.2) is 26.8 Å². The second kappa shape index (κ2) is 19.8. The number of benzene rings is 5. The number of alkyl halides is 1. The van der Waals surface area contributed by atoms with Gasteiger partial charge in [-0.3, -0.25) is 9.59 Å². The lowest BCUT2D eigenvalue weighted by atomic mass is 9.96. The number of aromatic nitrogens is 2. The lowest BCUT2D eigenvalue weighted by Crippen LogP contribution is -2.40. The Kier molecular flexibility index (Phi) is 14.1. The number of thiazole rings is 2. The second-order valence-corrected chi connectivity index (χ2v) is 20.3. The fourth-order valence-corrected chi connectivity index (χ4v) is 11.5. The Morgan fingerprint density at radius 1 is 0.623 bits per heavy atom. The fourth-order valence-electron chi connectivity index (χ4n) is 6.76. The van der Waals surface area contributed by atoms with E-state index in [-0.39, 0.29) is 33.1 Å². The van der Waals surface area contributed by atoms with E-state index in [1.807, 2.05) is 48.5 Å². The van der Waals surface area contributed by atoms with Gasteiger partial charge < -0.3 is 15.5 Å². The van der Waals surface area contributed by atoms with E-state index in [0.29, 0.717) is 27.0 Å². The zero-order valence-electron chi connectivity index (χ0n) is 32.5. The van der Waals surface area contributed by atoms with E-state index in [0.717, 1.165) is 30.6 Å². The summed E-state index contributed by atoms with van der Waals surface area (Å²) in [4.78, 5) is 36.5. The van der Waals surface area contributed by atoms with Gasteiger partial charge in [-0.2, -0.15) is 0 Å². The Morgan fingerprint density at radius 2 is 1.10 bits per heavy atom. The van der Waals surface area contributed by atoms with Gasteiger partial charge in [0.25, 0.3) is 5.91 Å². The van der Waals surface area contributed by atoms with Crippen LogP contribution in [0.3, 0.4) is 0 Å². The summed E-state index contributed by atoms with van der Waals surface area (Å²) in [6.07, 6.45) is 5.13. The number of sulfone groups is 2. The number of nitrogens with one attached hydrogen (secondary N) is 2. The Morgan fingerprint density at radius 3 is 1.61 bits per heavy atom. The summed E-state index contributed by atoms with van der Waals surface area (Å²) < 4.78 is 50.2. The van der Waals surface area contributed by atoms with E-state index in [1.54, 1.807) is 71.7 Å². The zero-order chi connectivity index (χ0) is 42.8. The highest BCUT2D eigenvalue weighted by molar-refractivity contribution is 7.91. The van der Waals surface area contributed by atoms with Gasteiger partial charge in [0, 0.05) is 46.8 Å². The number of aryl methyl sites for hydroxylation is 1. The number of carbonyl (C=O) groups is 2. The quantitative estimate of drug-likeness (QED) is 0.108. The van der Waals surface area contributed by atoms with Gasteiger partial charge in [-0.05, 0) is 84.1 Å². The summed E-state index contributed by atoms with van der Waals surface area (Å²) in [5.74, 6) is -0.822. The molecule has 0 spiro atoms. The monoisotopic (exact) mass is 909 g/mol. The minimum absolute atomic E-state index is 0.138. The molecular formula is C45H40ClN5O6S4. The second-order valence-electron chi connectivity index (χ2n) is 13.9. The average Bonchev–Trinajstić information content (AvgIpc) is 3.99. The van der Waals surface area contributed by atoms with Crippen molar-refractivity contribution in [1.29, 1.82) is 0 Å². The van der Waals surface area contributed by atoms with Crippen molar-refractivity contribution < 1.29 is 26.4 Å². The molecule has 1 aliphatic heterocycles. The minimum Gasteiger partial charge on any atom is -0.356 e. The maximum Gasteiger partial charge on any atom is 0.251 e. The molecule has 16 heteroatoms. The standard InChI is InChI=1S/C27H25N3O3S2.C18H15ClN2O3S2/c31-27(29-22-12-14-23(15-13-22)35(32,33)19-25-28-16-18-34-25)26(21-8-2-1-3-9-21)30-17-6-10-20-7-4-5-11-24(20)30;19-17(13-4-2-1-3-5-13)18(22)21-14-6-8-15(9-7-14)26(23,24)12-16-20-10-11-25-16/h1-5,7-9,11-16,18,26H,6,10,17,19H2,(H,29,31);1-11,17H,12H2,(H,21,22). The van der Waals surface area contributed by atoms with E-state index in [4.69, 9.17) is 11.6 Å². The molecule has 312 valence electrons. The summed E-state index contributed by atoms with van der Waals surface area (Å²) in [6.45, 7) is 0.776. The number of anilines is 3. The molecule has 7 aromatic rings. The highest BCUT2D eigenvalue weighted by Crippen LogP contribution is 2.35. The molecule has 5 aromatic carbocycles. The van der Waals surface area contributed by atoms with Crippen LogP contribution in [-0.2, 0) is 47.2 Å². The Balaban J connectivity index is 0.000000193. The third-order valence-corrected chi connectivity index (χ3v) is 15.4. The van der Waals surface area contributed by atoms with Crippen LogP contribution in [0.2, 0.25) is 0 Å². The maximum atomic E-state index is 13.6. The SMILES string of the molecule is O=C(Nc1ccc(S(=O)(=O)Cc2nccs2)cc1)C(Cl)c1ccccc1.O=C(Nc1ccc(S(=O)(=O)Cc2nccs2)cc1)C(c1ccccc1)N1CCCc2ccccc21. The first-order chi connectivity index (χ1) is 29.5. The molecule has 2 aromatic heterocycles. The number of fused-ring (bicyclic) bond motifs is 1. The number of rotatable bonds is 13. The molecule has 0 saturated carbocycles. The van der Waals surface area contributed by atoms with Gasteiger partial charge in [0.05, 0.1) is 9.79 Å². The molecule has 2 amide bonds. The first-order valence-corrected chi connectivity index (χ1v) is 24.6. The van der Waals surface area contributed by atoms with Gasteiger partial charge in [-0.15, -0.1) is 34.3 Å². The van der Waals surface area contributed by atoms with E-state index in [9.17, 15) is 26.4 Å². The molecule has 61 heavy (non-hydrogen) atoms. The van der Waals surface area contributed by atoms with Crippen molar-refractivity contribution >= 4 is 82.8 Å². The number of hydrogen-bond donors (Lipinski definition) is 2. The number of halogens is 1. The van der Waals surface area contributed by atoms with Crippen LogP contribution in [0.25, 0.3) is 0 Å². The summed E-state index contributed by atoms with van der Waals surface area (Å²) in [6, 6.07) is 38.8. The van der Waals surface area contributed by atoms with Crippen LogP contribution < -0.4 is 15.5 Å². The average molecular weight is 911 g/mol. The Hall–Kier alpha value is -5.71. The molecule has 1 aliphatic rings. The smallest absolute Gasteiger partial charge is 0.251 e. The van der Waals surface area contributed by atoms with Crippen LogP contribution in [0.4, 0.5) is 17.1 Å². The summed E-state index contributed by atoms with van der Waals surface area (Å²) >= 11 is 8.79. The molecule has 2 atom stereocenters. The highest BCUT2D eigenvalue weighted by atomic mass is 35.5. The largest absolute Gasteiger partial charge is 0.356 e. The number of amides is 2. The predicted molar refractivity (Wildman–Crippen MR) is 242 cm³/mol. The molecular weight excluding hydrogens is 870 g/mol. The van der Waals surface area contributed by atoms with Crippen molar-refractivity contribution in [3.63, 3.8) is 0 Å². The molecule has 2 unspecified atom stereocenters. The van der Waals surface area contributed by atoms with Gasteiger partial charge in [-0.1, -0.05) is 78.9 Å². The molecule has 0 aliphatic carbocycles. The summed E-state index contributed by atoms with van der Waals surface area (Å²) in [7, 11) is -6.99. The van der Waals surface area contributed by atoms with Crippen molar-refractivity contribution in [2.75, 3.05) is 22.1 Å². The molecule has 0 bridgehead atoms. The number of nitrogens with zero attached hydrogens (tertiary/aromatic N) is 3. The lowest BCUT2D eigenvalue weighted by molar-refractivity contribution is -0.118. The van der Waals surface area contributed by atoms with Crippen LogP contribution in [0.15, 0.2) is 166 Å².